The Balaban J connectivity index is 1.80. The van der Waals surface area contributed by atoms with E-state index in [4.69, 9.17) is 0 Å². The van der Waals surface area contributed by atoms with Gasteiger partial charge in [0.15, 0.2) is 0 Å². The lowest BCUT2D eigenvalue weighted by molar-refractivity contribution is 0.463. The van der Waals surface area contributed by atoms with Crippen LogP contribution in [0.2, 0.25) is 0 Å². The molecular weight excluding hydrogens is 380 g/mol. The standard InChI is InChI=1S/C25H17Br/c26-23-15-7-14-22-24(23)18-10-3-6-13-21(18)25(22)19-11-4-1-8-16(19)17-9-2-5-12-20(17)25/h1-15,22,24H. The highest BCUT2D eigenvalue weighted by molar-refractivity contribution is 9.11. The van der Waals surface area contributed by atoms with Crippen molar-refractivity contribution < 1.29 is 0 Å². The Kier molecular flexibility index (Phi) is 2.88. The van der Waals surface area contributed by atoms with Crippen LogP contribution in [0, 0.1) is 5.92 Å². The molecule has 0 aromatic heterocycles. The minimum atomic E-state index is -0.0990. The van der Waals surface area contributed by atoms with Crippen LogP contribution in [0.1, 0.15) is 28.2 Å². The van der Waals surface area contributed by atoms with Gasteiger partial charge in [-0.05, 0) is 33.4 Å². The van der Waals surface area contributed by atoms with Gasteiger partial charge in [0, 0.05) is 16.3 Å². The van der Waals surface area contributed by atoms with Crippen molar-refractivity contribution in [2.45, 2.75) is 11.3 Å². The zero-order valence-electron chi connectivity index (χ0n) is 14.2. The second kappa shape index (κ2) is 5.08. The second-order valence-corrected chi connectivity index (χ2v) is 8.34. The summed E-state index contributed by atoms with van der Waals surface area (Å²) in [5.41, 5.74) is 8.50. The van der Waals surface area contributed by atoms with Gasteiger partial charge in [0.2, 0.25) is 0 Å². The van der Waals surface area contributed by atoms with Crippen molar-refractivity contribution in [1.82, 2.24) is 0 Å². The molecule has 0 amide bonds. The van der Waals surface area contributed by atoms with Gasteiger partial charge in [0.05, 0.1) is 5.41 Å². The zero-order valence-corrected chi connectivity index (χ0v) is 15.8. The molecule has 0 radical (unpaired) electrons. The van der Waals surface area contributed by atoms with Crippen LogP contribution in [0.3, 0.4) is 0 Å². The zero-order chi connectivity index (χ0) is 17.3. The average Bonchev–Trinajstić information content (AvgIpc) is 3.16. The fraction of sp³-hybridized carbons (Fsp3) is 0.120. The second-order valence-electron chi connectivity index (χ2n) is 7.43. The molecule has 1 spiro atoms. The lowest BCUT2D eigenvalue weighted by Crippen LogP contribution is -2.33. The van der Waals surface area contributed by atoms with Gasteiger partial charge < -0.3 is 0 Å². The maximum Gasteiger partial charge on any atom is 0.0538 e. The smallest absolute Gasteiger partial charge is 0.0538 e. The summed E-state index contributed by atoms with van der Waals surface area (Å²) in [5, 5.41) is 0. The van der Waals surface area contributed by atoms with Crippen LogP contribution < -0.4 is 0 Å². The predicted octanol–water partition coefficient (Wildman–Crippen LogP) is 6.56. The molecule has 3 aliphatic rings. The van der Waals surface area contributed by atoms with Gasteiger partial charge in [-0.15, -0.1) is 0 Å². The van der Waals surface area contributed by atoms with Crippen molar-refractivity contribution in [3.63, 3.8) is 0 Å². The Hall–Kier alpha value is -2.38. The first-order valence-electron chi connectivity index (χ1n) is 9.16. The van der Waals surface area contributed by atoms with Gasteiger partial charge in [-0.1, -0.05) is 107 Å². The summed E-state index contributed by atoms with van der Waals surface area (Å²) in [5.74, 6) is 0.777. The number of hydrogen-bond donors (Lipinski definition) is 0. The van der Waals surface area contributed by atoms with E-state index in [9.17, 15) is 0 Å². The molecule has 0 saturated heterocycles. The van der Waals surface area contributed by atoms with Gasteiger partial charge in [0.25, 0.3) is 0 Å². The van der Waals surface area contributed by atoms with E-state index in [0.717, 1.165) is 0 Å². The minimum absolute atomic E-state index is 0.0990. The molecule has 0 bridgehead atoms. The molecule has 3 aromatic carbocycles. The van der Waals surface area contributed by atoms with Crippen LogP contribution in [-0.4, -0.2) is 0 Å². The molecule has 0 fully saturated rings. The number of halogens is 1. The lowest BCUT2D eigenvalue weighted by Gasteiger charge is -2.36. The summed E-state index contributed by atoms with van der Waals surface area (Å²) in [6.07, 6.45) is 6.86. The molecule has 1 heteroatoms. The van der Waals surface area contributed by atoms with Crippen molar-refractivity contribution in [3.05, 3.63) is 118 Å². The summed E-state index contributed by atoms with van der Waals surface area (Å²) in [7, 11) is 0. The lowest BCUT2D eigenvalue weighted by atomic mass is 9.65. The molecule has 6 rings (SSSR count). The first kappa shape index (κ1) is 14.8. The fourth-order valence-electron chi connectivity index (χ4n) is 5.61. The van der Waals surface area contributed by atoms with Crippen molar-refractivity contribution in [3.8, 4) is 11.1 Å². The van der Waals surface area contributed by atoms with Crippen LogP contribution in [-0.2, 0) is 5.41 Å². The number of rotatable bonds is 0. The van der Waals surface area contributed by atoms with Gasteiger partial charge >= 0.3 is 0 Å². The average molecular weight is 397 g/mol. The third-order valence-electron chi connectivity index (χ3n) is 6.44. The van der Waals surface area contributed by atoms with E-state index >= 15 is 0 Å². The number of benzene rings is 3. The molecule has 2 unspecified atom stereocenters. The molecule has 0 saturated carbocycles. The quantitative estimate of drug-likeness (QED) is 0.403. The van der Waals surface area contributed by atoms with Gasteiger partial charge in [-0.25, -0.2) is 0 Å². The van der Waals surface area contributed by atoms with Crippen LogP contribution in [0.25, 0.3) is 11.1 Å². The van der Waals surface area contributed by atoms with E-state index in [1.165, 1.54) is 37.9 Å². The summed E-state index contributed by atoms with van der Waals surface area (Å²) >= 11 is 3.89. The van der Waals surface area contributed by atoms with E-state index < -0.39 is 0 Å². The van der Waals surface area contributed by atoms with E-state index in [1.54, 1.807) is 0 Å². The highest BCUT2D eigenvalue weighted by Crippen LogP contribution is 2.66. The summed E-state index contributed by atoms with van der Waals surface area (Å²) in [6, 6.07) is 27.0. The van der Waals surface area contributed by atoms with Crippen LogP contribution in [0.15, 0.2) is 95.5 Å². The maximum atomic E-state index is 3.89. The van der Waals surface area contributed by atoms with Crippen LogP contribution >= 0.6 is 15.9 Å². The molecule has 0 N–H and O–H groups in total. The molecule has 2 atom stereocenters. The first-order chi connectivity index (χ1) is 12.8. The normalized spacial score (nSPS) is 23.2. The predicted molar refractivity (Wildman–Crippen MR) is 111 cm³/mol. The third kappa shape index (κ3) is 1.57. The SMILES string of the molecule is BrC1=CC=CC2C1c1ccccc1C21c2ccccc2-c2ccccc21. The molecule has 0 nitrogen and oxygen atoms in total. The van der Waals surface area contributed by atoms with Crippen molar-refractivity contribution >= 4 is 15.9 Å². The maximum absolute atomic E-state index is 3.89. The molecule has 3 aromatic rings. The van der Waals surface area contributed by atoms with Crippen molar-refractivity contribution in [2.75, 3.05) is 0 Å². The molecule has 0 aliphatic heterocycles. The largest absolute Gasteiger partial charge is 0.0789 e. The van der Waals surface area contributed by atoms with Gasteiger partial charge in [-0.3, -0.25) is 0 Å². The van der Waals surface area contributed by atoms with E-state index in [2.05, 4.69) is 107 Å². The Morgan fingerprint density at radius 1 is 0.692 bits per heavy atom. The molecule has 124 valence electrons. The van der Waals surface area contributed by atoms with Gasteiger partial charge in [0.1, 0.15) is 0 Å². The minimum Gasteiger partial charge on any atom is -0.0789 e. The fourth-order valence-corrected chi connectivity index (χ4v) is 6.30. The number of hydrogen-bond acceptors (Lipinski definition) is 0. The van der Waals surface area contributed by atoms with E-state index in [0.29, 0.717) is 11.8 Å². The molecule has 3 aliphatic carbocycles. The molecular formula is C25H17Br. The van der Waals surface area contributed by atoms with E-state index in [1.807, 2.05) is 0 Å². The summed E-state index contributed by atoms with van der Waals surface area (Å²) < 4.78 is 1.29. The highest BCUT2D eigenvalue weighted by Gasteiger charge is 2.57. The van der Waals surface area contributed by atoms with Crippen molar-refractivity contribution in [2.24, 2.45) is 5.92 Å². The molecule has 26 heavy (non-hydrogen) atoms. The Bertz CT molecular complexity index is 1070. The van der Waals surface area contributed by atoms with Gasteiger partial charge in [-0.2, -0.15) is 0 Å². The first-order valence-corrected chi connectivity index (χ1v) is 9.95. The number of allylic oxidation sites excluding steroid dienone is 4. The highest BCUT2D eigenvalue weighted by atomic mass is 79.9. The Morgan fingerprint density at radius 2 is 1.27 bits per heavy atom. The monoisotopic (exact) mass is 396 g/mol. The van der Waals surface area contributed by atoms with E-state index in [-0.39, 0.29) is 5.41 Å². The summed E-state index contributed by atoms with van der Waals surface area (Å²) in [4.78, 5) is 0. The topological polar surface area (TPSA) is 0 Å². The van der Waals surface area contributed by atoms with Crippen LogP contribution in [0.4, 0.5) is 0 Å². The Morgan fingerprint density at radius 3 is 1.96 bits per heavy atom. The van der Waals surface area contributed by atoms with Crippen molar-refractivity contribution in [1.29, 1.82) is 0 Å². The van der Waals surface area contributed by atoms with Crippen LogP contribution in [0.5, 0.6) is 0 Å². The third-order valence-corrected chi connectivity index (χ3v) is 7.20. The summed E-state index contributed by atoms with van der Waals surface area (Å²) in [6.45, 7) is 0. The Labute approximate surface area is 162 Å². The molecule has 0 heterocycles. The number of fused-ring (bicyclic) bond motifs is 10.